The van der Waals surface area contributed by atoms with Crippen molar-refractivity contribution >= 4 is 41.0 Å². The van der Waals surface area contributed by atoms with Crippen molar-refractivity contribution in [3.8, 4) is 0 Å². The zero-order valence-corrected chi connectivity index (χ0v) is 20.6. The first kappa shape index (κ1) is 25.4. The van der Waals surface area contributed by atoms with Crippen LogP contribution in [0, 0.1) is 5.41 Å². The maximum atomic E-state index is 13.4. The Bertz CT molecular complexity index is 1090. The molecule has 3 amide bonds. The lowest BCUT2D eigenvalue weighted by Gasteiger charge is -2.30. The predicted octanol–water partition coefficient (Wildman–Crippen LogP) is 4.61. The highest BCUT2D eigenvalue weighted by atomic mass is 35.5. The Morgan fingerprint density at radius 1 is 1.09 bits per heavy atom. The molecule has 1 heterocycles. The van der Waals surface area contributed by atoms with Crippen molar-refractivity contribution in [1.82, 2.24) is 4.90 Å². The first-order chi connectivity index (χ1) is 16.0. The van der Waals surface area contributed by atoms with Crippen molar-refractivity contribution < 1.29 is 23.9 Å². The number of benzene rings is 2. The molecule has 0 saturated carbocycles. The fourth-order valence-electron chi connectivity index (χ4n) is 3.83. The van der Waals surface area contributed by atoms with Crippen LogP contribution in [0.4, 0.5) is 5.69 Å². The summed E-state index contributed by atoms with van der Waals surface area (Å²) in [5, 5.41) is 0.485. The highest BCUT2D eigenvalue weighted by Gasteiger charge is 2.44. The molecule has 7 nitrogen and oxygen atoms in total. The van der Waals surface area contributed by atoms with Gasteiger partial charge in [-0.05, 0) is 48.2 Å². The van der Waals surface area contributed by atoms with E-state index in [0.717, 1.165) is 4.90 Å². The minimum atomic E-state index is -0.941. The molecule has 0 aliphatic carbocycles. The number of anilines is 1. The second-order valence-electron chi connectivity index (χ2n) is 9.41. The highest BCUT2D eigenvalue weighted by Crippen LogP contribution is 2.30. The van der Waals surface area contributed by atoms with Crippen molar-refractivity contribution in [1.29, 1.82) is 0 Å². The summed E-state index contributed by atoms with van der Waals surface area (Å²) in [6.07, 6.45) is 0.0858. The predicted molar refractivity (Wildman–Crippen MR) is 129 cm³/mol. The van der Waals surface area contributed by atoms with Crippen LogP contribution in [0.1, 0.15) is 56.5 Å². The van der Waals surface area contributed by atoms with Gasteiger partial charge in [-0.3, -0.25) is 14.4 Å². The smallest absolute Gasteiger partial charge is 0.338 e. The molecule has 1 atom stereocenters. The SMILES string of the molecule is CCOC(=O)c1ccc(N2C(=O)CC(N(Cc3ccccc3Cl)C(=O)CC(C)(C)C)C2=O)cc1. The molecule has 1 saturated heterocycles. The molecule has 2 aromatic rings. The quantitative estimate of drug-likeness (QED) is 0.423. The average Bonchev–Trinajstić information content (AvgIpc) is 3.05. The molecule has 34 heavy (non-hydrogen) atoms. The van der Waals surface area contributed by atoms with Gasteiger partial charge in [0.15, 0.2) is 0 Å². The lowest BCUT2D eigenvalue weighted by atomic mass is 9.91. The zero-order chi connectivity index (χ0) is 25.0. The number of carbonyl (C=O) groups excluding carboxylic acids is 4. The van der Waals surface area contributed by atoms with E-state index in [2.05, 4.69) is 0 Å². The number of rotatable bonds is 7. The molecule has 0 radical (unpaired) electrons. The Balaban J connectivity index is 1.89. The summed E-state index contributed by atoms with van der Waals surface area (Å²) in [5.74, 6) is -1.60. The molecule has 1 unspecified atom stereocenters. The van der Waals surface area contributed by atoms with Crippen molar-refractivity contribution in [2.24, 2.45) is 5.41 Å². The fourth-order valence-corrected chi connectivity index (χ4v) is 4.02. The van der Waals surface area contributed by atoms with Crippen LogP contribution < -0.4 is 4.90 Å². The first-order valence-corrected chi connectivity index (χ1v) is 11.6. The zero-order valence-electron chi connectivity index (χ0n) is 19.8. The van der Waals surface area contributed by atoms with Gasteiger partial charge in [-0.2, -0.15) is 0 Å². The van der Waals surface area contributed by atoms with Gasteiger partial charge in [-0.1, -0.05) is 50.6 Å². The molecule has 1 aliphatic heterocycles. The largest absolute Gasteiger partial charge is 0.462 e. The summed E-state index contributed by atoms with van der Waals surface area (Å²) in [6.45, 7) is 7.90. The molecular weight excluding hydrogens is 456 g/mol. The Hall–Kier alpha value is -3.19. The van der Waals surface area contributed by atoms with Crippen LogP contribution in [0.25, 0.3) is 0 Å². The molecule has 0 bridgehead atoms. The van der Waals surface area contributed by atoms with Gasteiger partial charge in [0.25, 0.3) is 5.91 Å². The highest BCUT2D eigenvalue weighted by molar-refractivity contribution is 6.31. The summed E-state index contributed by atoms with van der Waals surface area (Å²) in [4.78, 5) is 54.0. The molecule has 0 N–H and O–H groups in total. The second-order valence-corrected chi connectivity index (χ2v) is 9.81. The van der Waals surface area contributed by atoms with Gasteiger partial charge in [-0.25, -0.2) is 9.69 Å². The average molecular weight is 485 g/mol. The molecule has 1 aliphatic rings. The lowest BCUT2D eigenvalue weighted by molar-refractivity contribution is -0.140. The number of carbonyl (C=O) groups is 4. The minimum absolute atomic E-state index is 0.119. The van der Waals surface area contributed by atoms with E-state index in [0.29, 0.717) is 21.8 Å². The Morgan fingerprint density at radius 3 is 2.32 bits per heavy atom. The number of hydrogen-bond acceptors (Lipinski definition) is 5. The van der Waals surface area contributed by atoms with E-state index in [-0.39, 0.29) is 37.3 Å². The number of halogens is 1. The van der Waals surface area contributed by atoms with Crippen LogP contribution in [0.3, 0.4) is 0 Å². The molecule has 180 valence electrons. The van der Waals surface area contributed by atoms with E-state index in [1.807, 2.05) is 26.8 Å². The van der Waals surface area contributed by atoms with Crippen molar-refractivity contribution in [2.45, 2.75) is 53.1 Å². The van der Waals surface area contributed by atoms with E-state index in [4.69, 9.17) is 16.3 Å². The maximum Gasteiger partial charge on any atom is 0.338 e. The lowest BCUT2D eigenvalue weighted by Crippen LogP contribution is -2.46. The van der Waals surface area contributed by atoms with Crippen LogP contribution in [-0.2, 0) is 25.7 Å². The van der Waals surface area contributed by atoms with E-state index in [9.17, 15) is 19.2 Å². The number of hydrogen-bond donors (Lipinski definition) is 0. The number of ether oxygens (including phenoxy) is 1. The van der Waals surface area contributed by atoms with Crippen LogP contribution in [-0.4, -0.2) is 41.2 Å². The van der Waals surface area contributed by atoms with Gasteiger partial charge in [0.1, 0.15) is 6.04 Å². The van der Waals surface area contributed by atoms with Gasteiger partial charge in [0.05, 0.1) is 24.3 Å². The summed E-state index contributed by atoms with van der Waals surface area (Å²) in [7, 11) is 0. The Morgan fingerprint density at radius 2 is 1.74 bits per heavy atom. The third-order valence-electron chi connectivity index (χ3n) is 5.44. The molecule has 1 fully saturated rings. The van der Waals surface area contributed by atoms with Crippen molar-refractivity contribution in [3.05, 3.63) is 64.7 Å². The van der Waals surface area contributed by atoms with Gasteiger partial charge < -0.3 is 9.64 Å². The number of nitrogens with zero attached hydrogens (tertiary/aromatic N) is 2. The van der Waals surface area contributed by atoms with E-state index in [1.54, 1.807) is 25.1 Å². The van der Waals surface area contributed by atoms with Gasteiger partial charge in [0, 0.05) is 18.0 Å². The van der Waals surface area contributed by atoms with E-state index >= 15 is 0 Å². The Kier molecular flexibility index (Phi) is 7.77. The molecule has 0 spiro atoms. The molecular formula is C26H29ClN2O5. The minimum Gasteiger partial charge on any atom is -0.462 e. The van der Waals surface area contributed by atoms with Crippen molar-refractivity contribution in [3.63, 3.8) is 0 Å². The molecule has 2 aromatic carbocycles. The first-order valence-electron chi connectivity index (χ1n) is 11.2. The van der Waals surface area contributed by atoms with Gasteiger partial charge in [0.2, 0.25) is 11.8 Å². The summed E-state index contributed by atoms with van der Waals surface area (Å²) >= 11 is 6.33. The van der Waals surface area contributed by atoms with Crippen LogP contribution >= 0.6 is 11.6 Å². The van der Waals surface area contributed by atoms with E-state index < -0.39 is 23.8 Å². The molecule has 8 heteroatoms. The van der Waals surface area contributed by atoms with Crippen molar-refractivity contribution in [2.75, 3.05) is 11.5 Å². The fraction of sp³-hybridized carbons (Fsp3) is 0.385. The third-order valence-corrected chi connectivity index (χ3v) is 5.80. The van der Waals surface area contributed by atoms with Crippen LogP contribution in [0.2, 0.25) is 5.02 Å². The van der Waals surface area contributed by atoms with Crippen LogP contribution in [0.5, 0.6) is 0 Å². The van der Waals surface area contributed by atoms with Gasteiger partial charge in [-0.15, -0.1) is 0 Å². The monoisotopic (exact) mass is 484 g/mol. The maximum absolute atomic E-state index is 13.4. The molecule has 3 rings (SSSR count). The number of amides is 3. The Labute approximate surface area is 204 Å². The topological polar surface area (TPSA) is 84.0 Å². The van der Waals surface area contributed by atoms with Crippen LogP contribution in [0.15, 0.2) is 48.5 Å². The summed E-state index contributed by atoms with van der Waals surface area (Å²) < 4.78 is 4.98. The second kappa shape index (κ2) is 10.4. The number of esters is 1. The third kappa shape index (κ3) is 5.83. The molecule has 0 aromatic heterocycles. The van der Waals surface area contributed by atoms with E-state index in [1.165, 1.54) is 29.2 Å². The number of imide groups is 1. The standard InChI is InChI=1S/C26H29ClN2O5/c1-5-34-25(33)17-10-12-19(13-11-17)29-22(30)14-21(24(29)32)28(23(31)15-26(2,3)4)16-18-8-6-7-9-20(18)27/h6-13,21H,5,14-16H2,1-4H3. The summed E-state index contributed by atoms with van der Waals surface area (Å²) in [6, 6.07) is 12.3. The van der Waals surface area contributed by atoms with Gasteiger partial charge >= 0.3 is 5.97 Å². The normalized spacial score (nSPS) is 16.0. The summed E-state index contributed by atoms with van der Waals surface area (Å²) in [5.41, 5.74) is 1.06.